The van der Waals surface area contributed by atoms with Gasteiger partial charge in [-0.2, -0.15) is 0 Å². The average molecular weight is 475 g/mol. The van der Waals surface area contributed by atoms with Gasteiger partial charge in [0.25, 0.3) is 5.91 Å². The lowest BCUT2D eigenvalue weighted by molar-refractivity contribution is -0.121. The molecule has 0 fully saturated rings. The van der Waals surface area contributed by atoms with Gasteiger partial charge in [-0.05, 0) is 67.4 Å². The highest BCUT2D eigenvalue weighted by molar-refractivity contribution is 6.27. The molecule has 9 heteroatoms. The quantitative estimate of drug-likeness (QED) is 0.257. The van der Waals surface area contributed by atoms with E-state index in [2.05, 4.69) is 27.8 Å². The molecular weight excluding hydrogens is 432 g/mol. The number of alkyl halides is 1. The molecule has 4 N–H and O–H groups in total. The van der Waals surface area contributed by atoms with E-state index in [0.717, 1.165) is 0 Å². The van der Waals surface area contributed by atoms with Gasteiger partial charge in [0.2, 0.25) is 17.7 Å². The van der Waals surface area contributed by atoms with Gasteiger partial charge in [0, 0.05) is 30.6 Å². The summed E-state index contributed by atoms with van der Waals surface area (Å²) in [5, 5.41) is 10.5. The van der Waals surface area contributed by atoms with Crippen molar-refractivity contribution in [3.8, 4) is 12.3 Å². The summed E-state index contributed by atoms with van der Waals surface area (Å²) in [7, 11) is 0. The lowest BCUT2D eigenvalue weighted by Crippen LogP contribution is -2.30. The van der Waals surface area contributed by atoms with Gasteiger partial charge in [0.15, 0.2) is 0 Å². The van der Waals surface area contributed by atoms with Gasteiger partial charge >= 0.3 is 0 Å². The van der Waals surface area contributed by atoms with E-state index in [0.29, 0.717) is 6.42 Å². The minimum absolute atomic E-state index is 0.0537. The van der Waals surface area contributed by atoms with Gasteiger partial charge in [-0.1, -0.05) is 13.5 Å². The normalized spacial score (nSPS) is 9.03. The van der Waals surface area contributed by atoms with Crippen LogP contribution in [0.25, 0.3) is 0 Å². The van der Waals surface area contributed by atoms with E-state index >= 15 is 0 Å². The minimum Gasteiger partial charge on any atom is -0.354 e. The molecule has 0 aromatic rings. The van der Waals surface area contributed by atoms with E-state index < -0.39 is 0 Å². The van der Waals surface area contributed by atoms with Crippen molar-refractivity contribution in [2.24, 2.45) is 0 Å². The summed E-state index contributed by atoms with van der Waals surface area (Å²) in [6.07, 6.45) is 6.60. The Labute approximate surface area is 199 Å². The fraction of sp³-hybridized carbons (Fsp3) is 0.652. The molecule has 8 nitrogen and oxygen atoms in total. The first-order valence-corrected chi connectivity index (χ1v) is 11.0. The predicted molar refractivity (Wildman–Crippen MR) is 133 cm³/mol. The lowest BCUT2D eigenvalue weighted by atomic mass is 10.3. The van der Waals surface area contributed by atoms with Crippen LogP contribution in [0, 0.1) is 12.3 Å². The number of carbonyl (C=O) groups excluding carboxylic acids is 4. The first-order valence-electron chi connectivity index (χ1n) is 10.5. The highest BCUT2D eigenvalue weighted by atomic mass is 35.5. The highest BCUT2D eigenvalue weighted by Crippen LogP contribution is 1.80. The van der Waals surface area contributed by atoms with Crippen LogP contribution < -0.4 is 21.3 Å². The van der Waals surface area contributed by atoms with E-state index in [1.807, 2.05) is 68.2 Å². The minimum atomic E-state index is -0.347. The second-order valence-corrected chi connectivity index (χ2v) is 7.84. The molecule has 0 aliphatic carbocycles. The maximum Gasteiger partial charge on any atom is 0.295 e. The number of hydrogen-bond donors (Lipinski definition) is 4. The Morgan fingerprint density at radius 1 is 0.812 bits per heavy atom. The van der Waals surface area contributed by atoms with Crippen molar-refractivity contribution in [2.75, 3.05) is 5.88 Å². The summed E-state index contributed by atoms with van der Waals surface area (Å²) in [4.78, 5) is 41.6. The number of nitrogens with one attached hydrogen (secondary N) is 4. The smallest absolute Gasteiger partial charge is 0.295 e. The summed E-state index contributed by atoms with van der Waals surface area (Å²) in [6, 6.07) is 0.822. The van der Waals surface area contributed by atoms with Crippen molar-refractivity contribution in [1.82, 2.24) is 21.3 Å². The third-order valence-electron chi connectivity index (χ3n) is 2.51. The van der Waals surface area contributed by atoms with Gasteiger partial charge in [0.05, 0.1) is 0 Å². The monoisotopic (exact) mass is 474 g/mol. The predicted octanol–water partition coefficient (Wildman–Crippen LogP) is 2.51. The Kier molecular flexibility index (Phi) is 28.5. The molecule has 0 saturated carbocycles. The summed E-state index contributed by atoms with van der Waals surface area (Å²) in [6.45, 7) is 20.4. The summed E-state index contributed by atoms with van der Waals surface area (Å²) in [5.41, 5.74) is 0. The summed E-state index contributed by atoms with van der Waals surface area (Å²) < 4.78 is 0. The van der Waals surface area contributed by atoms with Crippen molar-refractivity contribution < 1.29 is 19.2 Å². The maximum atomic E-state index is 10.5. The number of rotatable bonds is 7. The molecule has 0 spiro atoms. The molecule has 0 aromatic carbocycles. The second kappa shape index (κ2) is 24.7. The molecule has 0 atom stereocenters. The molecule has 32 heavy (non-hydrogen) atoms. The summed E-state index contributed by atoms with van der Waals surface area (Å²) in [5.74, 6) is 1.56. The zero-order valence-corrected chi connectivity index (χ0v) is 21.9. The lowest BCUT2D eigenvalue weighted by Gasteiger charge is -2.04. The van der Waals surface area contributed by atoms with E-state index in [1.165, 1.54) is 6.08 Å². The van der Waals surface area contributed by atoms with Crippen molar-refractivity contribution in [2.45, 2.75) is 92.9 Å². The Morgan fingerprint density at radius 3 is 1.31 bits per heavy atom. The van der Waals surface area contributed by atoms with Crippen LogP contribution in [0.4, 0.5) is 0 Å². The molecule has 0 aliphatic heterocycles. The van der Waals surface area contributed by atoms with Gasteiger partial charge in [0.1, 0.15) is 5.88 Å². The first-order chi connectivity index (χ1) is 14.7. The van der Waals surface area contributed by atoms with E-state index in [4.69, 9.17) is 18.0 Å². The molecule has 0 saturated heterocycles. The van der Waals surface area contributed by atoms with E-state index in [9.17, 15) is 19.2 Å². The molecule has 0 radical (unpaired) electrons. The second-order valence-electron chi connectivity index (χ2n) is 7.57. The standard InChI is InChI=1S/C6H13NO.C6H11NO.C6H9NO.C5H10ClNO/c3*1-4-6(8)7-5(2)3;1-4(2)7-5(8)3-6/h5H,4H2,1-3H3,(H,7,8);4-5H,1H2,2-3H3,(H,7,8);1,5H,2-3H3,(H,7,8);4H,3H2,1-2H3,(H,7,8). The Morgan fingerprint density at radius 2 is 1.19 bits per heavy atom. The van der Waals surface area contributed by atoms with Crippen LogP contribution >= 0.6 is 11.6 Å². The Balaban J connectivity index is -0.000000163. The Hall–Kier alpha value is -2.53. The van der Waals surface area contributed by atoms with Crippen LogP contribution in [0.15, 0.2) is 12.7 Å². The number of carbonyl (C=O) groups is 4. The molecular formula is C23H43ClN4O4. The molecule has 4 amide bonds. The largest absolute Gasteiger partial charge is 0.354 e. The van der Waals surface area contributed by atoms with Gasteiger partial charge in [-0.3, -0.25) is 19.2 Å². The molecule has 0 heterocycles. The average Bonchev–Trinajstić information content (AvgIpc) is 2.67. The zero-order chi connectivity index (χ0) is 26.3. The van der Waals surface area contributed by atoms with Crippen LogP contribution in [0.1, 0.15) is 68.7 Å². The van der Waals surface area contributed by atoms with Crippen LogP contribution in [-0.2, 0) is 19.2 Å². The number of halogens is 1. The van der Waals surface area contributed by atoms with Crippen molar-refractivity contribution in [3.05, 3.63) is 12.7 Å². The number of terminal acetylenes is 1. The number of hydrogen-bond acceptors (Lipinski definition) is 4. The van der Waals surface area contributed by atoms with Crippen molar-refractivity contribution in [3.63, 3.8) is 0 Å². The highest BCUT2D eigenvalue weighted by Gasteiger charge is 1.98. The fourth-order valence-electron chi connectivity index (χ4n) is 1.43. The topological polar surface area (TPSA) is 116 Å². The maximum absolute atomic E-state index is 10.5. The fourth-order valence-corrected chi connectivity index (χ4v) is 1.51. The van der Waals surface area contributed by atoms with Crippen molar-refractivity contribution >= 4 is 35.2 Å². The first kappa shape index (κ1) is 36.8. The molecule has 0 bridgehead atoms. The van der Waals surface area contributed by atoms with E-state index in [-0.39, 0.29) is 53.7 Å². The Bertz CT molecular complexity index is 561. The number of amides is 4. The SMILES string of the molecule is C#CC(=O)NC(C)C.C=CC(=O)NC(C)C.CC(C)NC(=O)CCl.CCC(=O)NC(C)C. The van der Waals surface area contributed by atoms with Crippen LogP contribution in [-0.4, -0.2) is 53.7 Å². The van der Waals surface area contributed by atoms with Crippen molar-refractivity contribution in [1.29, 1.82) is 0 Å². The van der Waals surface area contributed by atoms with Crippen LogP contribution in [0.2, 0.25) is 0 Å². The molecule has 0 aromatic heterocycles. The van der Waals surface area contributed by atoms with Gasteiger partial charge in [-0.25, -0.2) is 0 Å². The van der Waals surface area contributed by atoms with Gasteiger partial charge in [-0.15, -0.1) is 18.0 Å². The van der Waals surface area contributed by atoms with Crippen LogP contribution in [0.3, 0.4) is 0 Å². The molecule has 0 rings (SSSR count). The molecule has 0 unspecified atom stereocenters. The van der Waals surface area contributed by atoms with E-state index in [1.54, 1.807) is 0 Å². The van der Waals surface area contributed by atoms with Crippen LogP contribution in [0.5, 0.6) is 0 Å². The molecule has 186 valence electrons. The summed E-state index contributed by atoms with van der Waals surface area (Å²) >= 11 is 5.18. The molecule has 0 aliphatic rings. The third-order valence-corrected chi connectivity index (χ3v) is 2.75. The van der Waals surface area contributed by atoms with Gasteiger partial charge < -0.3 is 21.3 Å². The third kappa shape index (κ3) is 41.8. The zero-order valence-electron chi connectivity index (χ0n) is 21.1.